The molecule has 34 heavy (non-hydrogen) atoms. The van der Waals surface area contributed by atoms with Crippen LogP contribution in [0.15, 0.2) is 53.2 Å². The van der Waals surface area contributed by atoms with E-state index >= 15 is 0 Å². The number of hydrogen-bond acceptors (Lipinski definition) is 7. The zero-order valence-electron chi connectivity index (χ0n) is 19.2. The number of nitrogens with zero attached hydrogens (tertiary/aromatic N) is 3. The zero-order valence-corrected chi connectivity index (χ0v) is 19.2. The minimum Gasteiger partial charge on any atom is -0.481 e. The Bertz CT molecular complexity index is 1130. The van der Waals surface area contributed by atoms with E-state index in [1.807, 2.05) is 42.5 Å². The number of carboxylic acid groups (broad SMARTS) is 1. The molecule has 1 fully saturated rings. The van der Waals surface area contributed by atoms with Gasteiger partial charge < -0.3 is 19.3 Å². The predicted octanol–water partition coefficient (Wildman–Crippen LogP) is 5.19. The highest BCUT2D eigenvalue weighted by molar-refractivity contribution is 5.89. The number of aliphatic carboxylic acids is 1. The quantitative estimate of drug-likeness (QED) is 0.491. The molecule has 1 aliphatic heterocycles. The van der Waals surface area contributed by atoms with Crippen LogP contribution in [0.5, 0.6) is 0 Å². The number of carboxylic acids is 1. The van der Waals surface area contributed by atoms with Crippen LogP contribution in [0.2, 0.25) is 0 Å². The number of aromatic nitrogens is 2. The molecule has 1 aliphatic rings. The number of rotatable bonds is 7. The minimum atomic E-state index is -0.808. The number of aryl methyl sites for hydroxylation is 1. The maximum absolute atomic E-state index is 12.5. The first-order valence-electron chi connectivity index (χ1n) is 11.4. The van der Waals surface area contributed by atoms with Gasteiger partial charge in [0.25, 0.3) is 0 Å². The first-order valence-corrected chi connectivity index (χ1v) is 11.4. The number of carbonyl (C=O) groups excluding carboxylic acids is 1. The molecule has 9 heteroatoms. The highest BCUT2D eigenvalue weighted by atomic mass is 16.6. The third-order valence-corrected chi connectivity index (χ3v) is 6.00. The van der Waals surface area contributed by atoms with Crippen molar-refractivity contribution in [1.82, 2.24) is 10.1 Å². The number of ether oxygens (including phenoxy) is 1. The van der Waals surface area contributed by atoms with E-state index in [0.29, 0.717) is 11.3 Å². The van der Waals surface area contributed by atoms with Gasteiger partial charge in [-0.2, -0.15) is 0 Å². The highest BCUT2D eigenvalue weighted by Crippen LogP contribution is 2.33. The van der Waals surface area contributed by atoms with Crippen molar-refractivity contribution in [3.63, 3.8) is 0 Å². The molecule has 0 aliphatic carbocycles. The van der Waals surface area contributed by atoms with Gasteiger partial charge in [-0.3, -0.25) is 10.1 Å². The molecule has 2 N–H and O–H groups in total. The van der Waals surface area contributed by atoms with Crippen LogP contribution in [0.3, 0.4) is 0 Å². The Morgan fingerprint density at radius 3 is 2.74 bits per heavy atom. The predicted molar refractivity (Wildman–Crippen MR) is 127 cm³/mol. The van der Waals surface area contributed by atoms with E-state index in [2.05, 4.69) is 20.4 Å². The Hall–Kier alpha value is -3.88. The number of hydrogen-bond donors (Lipinski definition) is 2. The summed E-state index contributed by atoms with van der Waals surface area (Å²) in [6.45, 7) is 4.35. The summed E-state index contributed by atoms with van der Waals surface area (Å²) < 4.78 is 10.8. The molecule has 1 saturated heterocycles. The lowest BCUT2D eigenvalue weighted by Crippen LogP contribution is -2.41. The van der Waals surface area contributed by atoms with E-state index in [0.717, 1.165) is 42.8 Å². The van der Waals surface area contributed by atoms with Crippen molar-refractivity contribution < 1.29 is 24.0 Å². The molecule has 9 nitrogen and oxygen atoms in total. The third kappa shape index (κ3) is 5.36. The van der Waals surface area contributed by atoms with Gasteiger partial charge in [-0.1, -0.05) is 35.5 Å². The van der Waals surface area contributed by atoms with Gasteiger partial charge in [-0.25, -0.2) is 9.78 Å². The topological polar surface area (TPSA) is 118 Å². The number of amides is 1. The van der Waals surface area contributed by atoms with Crippen LogP contribution in [0.25, 0.3) is 11.1 Å². The molecule has 3 aromatic rings. The van der Waals surface area contributed by atoms with Gasteiger partial charge in [0, 0.05) is 24.3 Å². The Morgan fingerprint density at radius 2 is 2.03 bits per heavy atom. The van der Waals surface area contributed by atoms with Crippen molar-refractivity contribution in [3.8, 4) is 11.1 Å². The van der Waals surface area contributed by atoms with Crippen molar-refractivity contribution >= 4 is 23.8 Å². The Kier molecular flexibility index (Phi) is 7.10. The number of piperidine rings is 1. The van der Waals surface area contributed by atoms with E-state index in [1.165, 1.54) is 0 Å². The van der Waals surface area contributed by atoms with Gasteiger partial charge in [0.2, 0.25) is 5.88 Å². The zero-order chi connectivity index (χ0) is 24.1. The second-order valence-electron chi connectivity index (χ2n) is 8.40. The molecular weight excluding hydrogens is 436 g/mol. The molecule has 2 unspecified atom stereocenters. The van der Waals surface area contributed by atoms with Crippen molar-refractivity contribution in [3.05, 3.63) is 59.9 Å². The Morgan fingerprint density at radius 1 is 1.24 bits per heavy atom. The molecule has 3 heterocycles. The maximum atomic E-state index is 12.5. The number of anilines is 2. The van der Waals surface area contributed by atoms with Crippen molar-refractivity contribution in [1.29, 1.82) is 0 Å². The molecule has 0 saturated carbocycles. The number of nitrogens with one attached hydrogen (secondary N) is 1. The van der Waals surface area contributed by atoms with Crippen molar-refractivity contribution in [2.24, 2.45) is 0 Å². The molecule has 0 radical (unpaired) electrons. The van der Waals surface area contributed by atoms with Crippen LogP contribution < -0.4 is 10.2 Å². The normalized spacial score (nSPS) is 16.6. The summed E-state index contributed by atoms with van der Waals surface area (Å²) in [6.07, 6.45) is 3.54. The largest absolute Gasteiger partial charge is 0.481 e. The fourth-order valence-corrected chi connectivity index (χ4v) is 4.29. The highest BCUT2D eigenvalue weighted by Gasteiger charge is 2.26. The fourth-order valence-electron chi connectivity index (χ4n) is 4.29. The van der Waals surface area contributed by atoms with Gasteiger partial charge in [0.15, 0.2) is 0 Å². The van der Waals surface area contributed by atoms with Crippen molar-refractivity contribution in [2.45, 2.75) is 51.7 Å². The lowest BCUT2D eigenvalue weighted by Gasteiger charge is -2.36. The molecule has 2 atom stereocenters. The monoisotopic (exact) mass is 464 g/mol. The number of benzene rings is 1. The van der Waals surface area contributed by atoms with Crippen LogP contribution in [-0.2, 0) is 9.53 Å². The lowest BCUT2D eigenvalue weighted by atomic mass is 9.99. The van der Waals surface area contributed by atoms with E-state index in [4.69, 9.17) is 9.26 Å². The van der Waals surface area contributed by atoms with Crippen LogP contribution in [0, 0.1) is 6.92 Å². The lowest BCUT2D eigenvalue weighted by molar-refractivity contribution is -0.137. The van der Waals surface area contributed by atoms with Gasteiger partial charge in [-0.15, -0.1) is 0 Å². The Labute approximate surface area is 197 Å². The third-order valence-electron chi connectivity index (χ3n) is 6.00. The molecule has 0 spiro atoms. The second kappa shape index (κ2) is 10.4. The standard InChI is InChI=1S/C25H28N4O5/c1-16-23(24(34-28-16)27-25(32)33-17(2)18-8-4-3-5-9-18)19-11-12-21(26-15-19)29-13-7-6-10-20(29)14-22(30)31/h3-5,8-9,11-12,15,17,20H,6-7,10,13-14H2,1-2H3,(H,27,32)(H,30,31). The van der Waals surface area contributed by atoms with E-state index in [9.17, 15) is 14.7 Å². The molecule has 2 aromatic heterocycles. The average molecular weight is 465 g/mol. The molecular formula is C25H28N4O5. The van der Waals surface area contributed by atoms with Gasteiger partial charge in [0.1, 0.15) is 11.9 Å². The first-order chi connectivity index (χ1) is 16.4. The van der Waals surface area contributed by atoms with Crippen LogP contribution in [-0.4, -0.2) is 39.9 Å². The summed E-state index contributed by atoms with van der Waals surface area (Å²) in [7, 11) is 0. The summed E-state index contributed by atoms with van der Waals surface area (Å²) in [5, 5.41) is 15.9. The smallest absolute Gasteiger partial charge is 0.414 e. The molecule has 178 valence electrons. The average Bonchev–Trinajstić information content (AvgIpc) is 3.19. The van der Waals surface area contributed by atoms with E-state index in [1.54, 1.807) is 20.0 Å². The second-order valence-corrected chi connectivity index (χ2v) is 8.40. The minimum absolute atomic E-state index is 0.0690. The summed E-state index contributed by atoms with van der Waals surface area (Å²) in [6, 6.07) is 13.1. The van der Waals surface area contributed by atoms with E-state index in [-0.39, 0.29) is 18.3 Å². The van der Waals surface area contributed by atoms with E-state index < -0.39 is 18.2 Å². The summed E-state index contributed by atoms with van der Waals surface area (Å²) in [5.74, 6) is 0.103. The Balaban J connectivity index is 1.48. The van der Waals surface area contributed by atoms with Gasteiger partial charge in [0.05, 0.1) is 17.7 Å². The molecule has 4 rings (SSSR count). The van der Waals surface area contributed by atoms with Crippen LogP contribution in [0.1, 0.15) is 50.0 Å². The number of pyridine rings is 1. The summed E-state index contributed by atoms with van der Waals surface area (Å²) >= 11 is 0. The summed E-state index contributed by atoms with van der Waals surface area (Å²) in [5.41, 5.74) is 2.82. The molecule has 0 bridgehead atoms. The summed E-state index contributed by atoms with van der Waals surface area (Å²) in [4.78, 5) is 30.4. The van der Waals surface area contributed by atoms with Crippen LogP contribution >= 0.6 is 0 Å². The van der Waals surface area contributed by atoms with Gasteiger partial charge >= 0.3 is 12.1 Å². The molecule has 1 aromatic carbocycles. The fraction of sp³-hybridized carbons (Fsp3) is 0.360. The number of carbonyl (C=O) groups is 2. The maximum Gasteiger partial charge on any atom is 0.414 e. The SMILES string of the molecule is Cc1noc(NC(=O)OC(C)c2ccccc2)c1-c1ccc(N2CCCCC2CC(=O)O)nc1. The first kappa shape index (κ1) is 23.3. The van der Waals surface area contributed by atoms with Crippen LogP contribution in [0.4, 0.5) is 16.5 Å². The van der Waals surface area contributed by atoms with Crippen molar-refractivity contribution in [2.75, 3.05) is 16.8 Å². The molecule has 1 amide bonds. The van der Waals surface area contributed by atoms with Gasteiger partial charge in [-0.05, 0) is 50.8 Å².